The Hall–Kier alpha value is -1.40. The zero-order chi connectivity index (χ0) is 15.0. The van der Waals surface area contributed by atoms with Crippen LogP contribution in [0.3, 0.4) is 0 Å². The van der Waals surface area contributed by atoms with Crippen LogP contribution in [0.15, 0.2) is 6.07 Å². The summed E-state index contributed by atoms with van der Waals surface area (Å²) in [7, 11) is 1.95. The highest BCUT2D eigenvalue weighted by atomic mass is 32.1. The summed E-state index contributed by atoms with van der Waals surface area (Å²) in [6.07, 6.45) is 1.02. The lowest BCUT2D eigenvalue weighted by Gasteiger charge is -2.18. The average molecular weight is 306 g/mol. The van der Waals surface area contributed by atoms with E-state index in [1.54, 1.807) is 11.3 Å². The van der Waals surface area contributed by atoms with Gasteiger partial charge in [-0.25, -0.2) is 0 Å². The lowest BCUT2D eigenvalue weighted by Crippen LogP contribution is -2.33. The number of aryl methyl sites for hydroxylation is 1. The van der Waals surface area contributed by atoms with Gasteiger partial charge in [0, 0.05) is 32.1 Å². The lowest BCUT2D eigenvalue weighted by molar-refractivity contribution is 0.0771. The van der Waals surface area contributed by atoms with E-state index < -0.39 is 0 Å². The molecular formula is C15H22N4OS. The minimum atomic E-state index is 0.162. The second-order valence-corrected chi connectivity index (χ2v) is 6.92. The predicted molar refractivity (Wildman–Crippen MR) is 86.1 cm³/mol. The molecule has 1 aliphatic heterocycles. The van der Waals surface area contributed by atoms with Gasteiger partial charge in [-0.3, -0.25) is 9.48 Å². The molecule has 0 aromatic carbocycles. The number of hydrogen-bond acceptors (Lipinski definition) is 4. The second-order valence-electron chi connectivity index (χ2n) is 5.89. The van der Waals surface area contributed by atoms with Crippen molar-refractivity contribution < 1.29 is 4.79 Å². The van der Waals surface area contributed by atoms with Gasteiger partial charge in [-0.15, -0.1) is 11.3 Å². The van der Waals surface area contributed by atoms with Crippen molar-refractivity contribution in [1.29, 1.82) is 0 Å². The molecule has 3 heterocycles. The van der Waals surface area contributed by atoms with Gasteiger partial charge in [0.05, 0.1) is 10.6 Å². The van der Waals surface area contributed by atoms with E-state index >= 15 is 0 Å². The Morgan fingerprint density at radius 2 is 2.19 bits per heavy atom. The van der Waals surface area contributed by atoms with Crippen LogP contribution < -0.4 is 5.32 Å². The second kappa shape index (κ2) is 5.77. The van der Waals surface area contributed by atoms with Crippen molar-refractivity contribution >= 4 is 27.5 Å². The molecule has 0 atom stereocenters. The molecule has 5 nitrogen and oxygen atoms in total. The Morgan fingerprint density at radius 3 is 2.95 bits per heavy atom. The Morgan fingerprint density at radius 1 is 1.38 bits per heavy atom. The summed E-state index contributed by atoms with van der Waals surface area (Å²) in [5, 5.41) is 9.04. The predicted octanol–water partition coefficient (Wildman–Crippen LogP) is 2.19. The summed E-state index contributed by atoms with van der Waals surface area (Å²) >= 11 is 1.56. The molecule has 1 amide bonds. The van der Waals surface area contributed by atoms with Gasteiger partial charge in [-0.05, 0) is 24.9 Å². The molecule has 1 saturated heterocycles. The maximum absolute atomic E-state index is 12.7. The van der Waals surface area contributed by atoms with Crippen LogP contribution in [-0.2, 0) is 7.05 Å². The number of thiophene rings is 1. The number of carbonyl (C=O) groups excluding carboxylic acids is 1. The highest BCUT2D eigenvalue weighted by Gasteiger charge is 2.22. The first-order valence-corrected chi connectivity index (χ1v) is 8.36. The minimum absolute atomic E-state index is 0.162. The number of hydrogen-bond donors (Lipinski definition) is 1. The van der Waals surface area contributed by atoms with Crippen LogP contribution in [0.5, 0.6) is 0 Å². The Kier molecular flexibility index (Phi) is 3.99. The van der Waals surface area contributed by atoms with Crippen LogP contribution in [0, 0.1) is 0 Å². The molecule has 0 unspecified atom stereocenters. The minimum Gasteiger partial charge on any atom is -0.337 e. The van der Waals surface area contributed by atoms with E-state index in [1.807, 2.05) is 22.7 Å². The molecule has 114 valence electrons. The summed E-state index contributed by atoms with van der Waals surface area (Å²) < 4.78 is 1.90. The van der Waals surface area contributed by atoms with Gasteiger partial charge in [0.2, 0.25) is 0 Å². The molecule has 6 heteroatoms. The quantitative estimate of drug-likeness (QED) is 0.925. The first-order chi connectivity index (χ1) is 10.1. The molecular weight excluding hydrogens is 284 g/mol. The summed E-state index contributed by atoms with van der Waals surface area (Å²) in [5.74, 6) is 0.531. The van der Waals surface area contributed by atoms with E-state index in [9.17, 15) is 4.79 Å². The molecule has 1 fully saturated rings. The highest BCUT2D eigenvalue weighted by Crippen LogP contribution is 2.32. The fourth-order valence-corrected chi connectivity index (χ4v) is 3.85. The molecule has 0 spiro atoms. The van der Waals surface area contributed by atoms with Gasteiger partial charge in [-0.1, -0.05) is 13.8 Å². The smallest absolute Gasteiger partial charge is 0.264 e. The Labute approximate surface area is 128 Å². The Bertz CT molecular complexity index is 650. The third kappa shape index (κ3) is 2.70. The summed E-state index contributed by atoms with van der Waals surface area (Å²) in [6, 6.07) is 2.03. The monoisotopic (exact) mass is 306 g/mol. The molecule has 0 aliphatic carbocycles. The third-order valence-electron chi connectivity index (χ3n) is 3.93. The zero-order valence-electron chi connectivity index (χ0n) is 12.8. The highest BCUT2D eigenvalue weighted by molar-refractivity contribution is 7.20. The van der Waals surface area contributed by atoms with E-state index in [0.717, 1.165) is 53.4 Å². The molecule has 0 bridgehead atoms. The van der Waals surface area contributed by atoms with Gasteiger partial charge < -0.3 is 10.2 Å². The zero-order valence-corrected chi connectivity index (χ0v) is 13.7. The number of aromatic nitrogens is 2. The van der Waals surface area contributed by atoms with Crippen molar-refractivity contribution in [2.45, 2.75) is 26.2 Å². The van der Waals surface area contributed by atoms with Crippen molar-refractivity contribution in [2.24, 2.45) is 7.05 Å². The largest absolute Gasteiger partial charge is 0.337 e. The molecule has 3 rings (SSSR count). The van der Waals surface area contributed by atoms with Gasteiger partial charge >= 0.3 is 0 Å². The van der Waals surface area contributed by atoms with Crippen molar-refractivity contribution in [1.82, 2.24) is 20.0 Å². The van der Waals surface area contributed by atoms with Gasteiger partial charge in [0.25, 0.3) is 5.91 Å². The van der Waals surface area contributed by atoms with Crippen LogP contribution >= 0.6 is 11.3 Å². The van der Waals surface area contributed by atoms with Gasteiger partial charge in [0.15, 0.2) is 0 Å². The first-order valence-electron chi connectivity index (χ1n) is 7.54. The molecule has 2 aromatic heterocycles. The van der Waals surface area contributed by atoms with Crippen molar-refractivity contribution in [3.63, 3.8) is 0 Å². The van der Waals surface area contributed by atoms with Crippen LogP contribution in [0.1, 0.15) is 41.6 Å². The number of amides is 1. The average Bonchev–Trinajstić information content (AvgIpc) is 2.88. The molecule has 0 saturated carbocycles. The van der Waals surface area contributed by atoms with Crippen LogP contribution in [0.2, 0.25) is 0 Å². The van der Waals surface area contributed by atoms with Crippen LogP contribution in [0.25, 0.3) is 10.2 Å². The summed E-state index contributed by atoms with van der Waals surface area (Å²) in [4.78, 5) is 16.6. The molecule has 1 aliphatic rings. The van der Waals surface area contributed by atoms with Gasteiger partial charge in [0.1, 0.15) is 4.83 Å². The number of rotatable bonds is 2. The molecule has 21 heavy (non-hydrogen) atoms. The third-order valence-corrected chi connectivity index (χ3v) is 5.11. The van der Waals surface area contributed by atoms with E-state index in [1.165, 1.54) is 0 Å². The number of nitrogens with zero attached hydrogens (tertiary/aromatic N) is 3. The van der Waals surface area contributed by atoms with Gasteiger partial charge in [-0.2, -0.15) is 5.10 Å². The number of fused-ring (bicyclic) bond motifs is 1. The van der Waals surface area contributed by atoms with E-state index in [0.29, 0.717) is 5.92 Å². The maximum atomic E-state index is 12.7. The number of carbonyl (C=O) groups is 1. The molecule has 1 N–H and O–H groups in total. The normalized spacial score (nSPS) is 16.7. The van der Waals surface area contributed by atoms with E-state index in [4.69, 9.17) is 0 Å². The van der Waals surface area contributed by atoms with Crippen LogP contribution in [-0.4, -0.2) is 46.8 Å². The molecule has 2 aromatic rings. The maximum Gasteiger partial charge on any atom is 0.264 e. The summed E-state index contributed by atoms with van der Waals surface area (Å²) in [5.41, 5.74) is 1.08. The standard InChI is InChI=1S/C15H22N4OS/c1-10(2)13-11-9-12(21-15(11)18(3)17-13)14(20)19-7-4-5-16-6-8-19/h9-10,16H,4-8H2,1-3H3. The fraction of sp³-hybridized carbons (Fsp3) is 0.600. The topological polar surface area (TPSA) is 50.2 Å². The SMILES string of the molecule is CC(C)c1nn(C)c2sc(C(=O)N3CCCNCC3)cc12. The Balaban J connectivity index is 1.93. The van der Waals surface area contributed by atoms with E-state index in [-0.39, 0.29) is 5.91 Å². The van der Waals surface area contributed by atoms with Crippen molar-refractivity contribution in [3.05, 3.63) is 16.6 Å². The summed E-state index contributed by atoms with van der Waals surface area (Å²) in [6.45, 7) is 7.80. The lowest BCUT2D eigenvalue weighted by atomic mass is 10.1. The fourth-order valence-electron chi connectivity index (χ4n) is 2.80. The molecule has 0 radical (unpaired) electrons. The first kappa shape index (κ1) is 14.5. The van der Waals surface area contributed by atoms with E-state index in [2.05, 4.69) is 24.3 Å². The van der Waals surface area contributed by atoms with Crippen molar-refractivity contribution in [3.8, 4) is 0 Å². The van der Waals surface area contributed by atoms with Crippen LogP contribution in [0.4, 0.5) is 0 Å². The van der Waals surface area contributed by atoms with Crippen molar-refractivity contribution in [2.75, 3.05) is 26.2 Å². The number of nitrogens with one attached hydrogen (secondary N) is 1.